The molecule has 1 heterocycles. The SMILES string of the molecule is C=c1ccc2c(c1)P(=O)(C(C)(C)C)c1cc(O)ccc1N=2. The van der Waals surface area contributed by atoms with Crippen molar-refractivity contribution in [3.05, 3.63) is 47.0 Å². The molecule has 0 aliphatic carbocycles. The number of rotatable bonds is 0. The number of hydrogen-bond donors (Lipinski definition) is 1. The molecule has 1 aliphatic rings. The summed E-state index contributed by atoms with van der Waals surface area (Å²) in [5, 5.41) is 12.3. The van der Waals surface area contributed by atoms with E-state index >= 15 is 0 Å². The van der Waals surface area contributed by atoms with Crippen molar-refractivity contribution in [1.29, 1.82) is 0 Å². The molecule has 1 aliphatic heterocycles. The van der Waals surface area contributed by atoms with E-state index in [1.54, 1.807) is 18.2 Å². The fourth-order valence-electron chi connectivity index (χ4n) is 2.76. The fourth-order valence-corrected chi connectivity index (χ4v) is 6.02. The molecule has 0 aromatic heterocycles. The summed E-state index contributed by atoms with van der Waals surface area (Å²) in [5.41, 5.74) is 0.676. The van der Waals surface area contributed by atoms with Gasteiger partial charge in [-0.05, 0) is 35.6 Å². The molecule has 0 amide bonds. The molecule has 1 N–H and O–H groups in total. The van der Waals surface area contributed by atoms with E-state index in [9.17, 15) is 9.67 Å². The molecular weight excluding hydrogens is 281 g/mol. The predicted molar refractivity (Wildman–Crippen MR) is 87.1 cm³/mol. The van der Waals surface area contributed by atoms with Gasteiger partial charge in [-0.2, -0.15) is 0 Å². The van der Waals surface area contributed by atoms with Gasteiger partial charge in [-0.25, -0.2) is 4.99 Å². The van der Waals surface area contributed by atoms with Gasteiger partial charge in [0.2, 0.25) is 0 Å². The quantitative estimate of drug-likeness (QED) is 0.758. The van der Waals surface area contributed by atoms with Crippen LogP contribution in [0, 0.1) is 0 Å². The average molecular weight is 299 g/mol. The minimum absolute atomic E-state index is 0.114. The van der Waals surface area contributed by atoms with Gasteiger partial charge in [0.25, 0.3) is 0 Å². The predicted octanol–water partition coefficient (Wildman–Crippen LogP) is 2.18. The summed E-state index contributed by atoms with van der Waals surface area (Å²) in [6.07, 6.45) is 0. The summed E-state index contributed by atoms with van der Waals surface area (Å²) in [4.78, 5) is 4.59. The van der Waals surface area contributed by atoms with E-state index in [1.165, 1.54) is 0 Å². The number of phenolic OH excluding ortho intramolecular Hbond substituents is 1. The highest BCUT2D eigenvalue weighted by Crippen LogP contribution is 2.57. The number of fused-ring (bicyclic) bond motifs is 2. The van der Waals surface area contributed by atoms with Gasteiger partial charge in [0, 0.05) is 15.8 Å². The van der Waals surface area contributed by atoms with Crippen LogP contribution >= 0.6 is 7.14 Å². The molecule has 4 heteroatoms. The monoisotopic (exact) mass is 299 g/mol. The molecule has 1 atom stereocenters. The Hall–Kier alpha value is -1.86. The third kappa shape index (κ3) is 1.96. The lowest BCUT2D eigenvalue weighted by molar-refractivity contribution is 0.475. The van der Waals surface area contributed by atoms with Gasteiger partial charge in [0.05, 0.1) is 11.0 Å². The van der Waals surface area contributed by atoms with Crippen LogP contribution in [0.1, 0.15) is 20.8 Å². The molecule has 0 fully saturated rings. The van der Waals surface area contributed by atoms with Crippen LogP contribution in [0.3, 0.4) is 0 Å². The zero-order valence-electron chi connectivity index (χ0n) is 12.4. The van der Waals surface area contributed by atoms with Gasteiger partial charge >= 0.3 is 0 Å². The highest BCUT2D eigenvalue weighted by molar-refractivity contribution is 7.80. The zero-order valence-corrected chi connectivity index (χ0v) is 13.3. The van der Waals surface area contributed by atoms with Crippen LogP contribution in [0.5, 0.6) is 5.75 Å². The number of hydrogen-bond acceptors (Lipinski definition) is 3. The number of nitrogens with zero attached hydrogens (tertiary/aromatic N) is 1. The van der Waals surface area contributed by atoms with Gasteiger partial charge in [-0.15, -0.1) is 0 Å². The van der Waals surface area contributed by atoms with E-state index in [0.717, 1.165) is 15.9 Å². The second-order valence-corrected chi connectivity index (χ2v) is 9.91. The molecular formula is C17H18NO2P. The average Bonchev–Trinajstić information content (AvgIpc) is 2.39. The Morgan fingerprint density at radius 3 is 2.48 bits per heavy atom. The minimum Gasteiger partial charge on any atom is -0.508 e. The Kier molecular flexibility index (Phi) is 2.90. The molecule has 0 saturated heterocycles. The second kappa shape index (κ2) is 4.32. The van der Waals surface area contributed by atoms with Crippen molar-refractivity contribution in [3.8, 4) is 5.75 Å². The summed E-state index contributed by atoms with van der Waals surface area (Å²) in [7, 11) is -2.92. The number of phenols is 1. The maximum atomic E-state index is 14.0. The first-order valence-electron chi connectivity index (χ1n) is 6.85. The van der Waals surface area contributed by atoms with E-state index in [-0.39, 0.29) is 5.75 Å². The van der Waals surface area contributed by atoms with Gasteiger partial charge in [0.15, 0.2) is 7.14 Å². The lowest BCUT2D eigenvalue weighted by atomic mass is 10.2. The van der Waals surface area contributed by atoms with Crippen LogP contribution in [0.15, 0.2) is 41.4 Å². The molecule has 21 heavy (non-hydrogen) atoms. The molecule has 1 unspecified atom stereocenters. The molecule has 0 spiro atoms. The molecule has 3 rings (SSSR count). The van der Waals surface area contributed by atoms with Crippen LogP contribution in [0.2, 0.25) is 0 Å². The van der Waals surface area contributed by atoms with Gasteiger partial charge < -0.3 is 9.67 Å². The Morgan fingerprint density at radius 1 is 1.10 bits per heavy atom. The molecule has 0 bridgehead atoms. The van der Waals surface area contributed by atoms with Gasteiger partial charge in [-0.1, -0.05) is 33.4 Å². The van der Waals surface area contributed by atoms with Crippen LogP contribution in [-0.2, 0) is 4.57 Å². The van der Waals surface area contributed by atoms with E-state index in [1.807, 2.05) is 39.0 Å². The van der Waals surface area contributed by atoms with Crippen molar-refractivity contribution in [1.82, 2.24) is 0 Å². The highest BCUT2D eigenvalue weighted by Gasteiger charge is 2.44. The van der Waals surface area contributed by atoms with Crippen molar-refractivity contribution < 1.29 is 9.67 Å². The summed E-state index contributed by atoms with van der Waals surface area (Å²) in [5.74, 6) is 0.114. The summed E-state index contributed by atoms with van der Waals surface area (Å²) in [6, 6.07) is 10.5. The molecule has 3 nitrogen and oxygen atoms in total. The van der Waals surface area contributed by atoms with Gasteiger partial charge in [0.1, 0.15) is 5.75 Å². The van der Waals surface area contributed by atoms with Gasteiger partial charge in [-0.3, -0.25) is 0 Å². The Morgan fingerprint density at radius 2 is 1.81 bits per heavy atom. The Labute approximate surface area is 124 Å². The highest BCUT2D eigenvalue weighted by atomic mass is 31.2. The molecule has 0 saturated carbocycles. The Bertz CT molecular complexity index is 894. The standard InChI is InChI=1S/C17H18NO2P/c1-11-5-7-13-15(9-11)21(20,17(2,3)4)16-10-12(19)6-8-14(16)18-13/h5-10,19H,1H2,2-4H3. The first-order chi connectivity index (χ1) is 9.73. The van der Waals surface area contributed by atoms with Crippen LogP contribution in [0.25, 0.3) is 6.58 Å². The first-order valence-corrected chi connectivity index (χ1v) is 8.56. The third-order valence-electron chi connectivity index (χ3n) is 3.86. The topological polar surface area (TPSA) is 49.7 Å². The molecule has 2 aromatic rings. The smallest absolute Gasteiger partial charge is 0.152 e. The minimum atomic E-state index is -2.92. The van der Waals surface area contributed by atoms with Crippen molar-refractivity contribution >= 4 is 30.0 Å². The number of benzene rings is 2. The maximum absolute atomic E-state index is 14.0. The van der Waals surface area contributed by atoms with Crippen LogP contribution < -0.4 is 21.2 Å². The van der Waals surface area contributed by atoms with Crippen molar-refractivity contribution in [2.45, 2.75) is 25.9 Å². The fraction of sp³-hybridized carbons (Fsp3) is 0.235. The summed E-state index contributed by atoms with van der Waals surface area (Å²) < 4.78 is 14.0. The van der Waals surface area contributed by atoms with Crippen molar-refractivity contribution in [2.24, 2.45) is 4.99 Å². The maximum Gasteiger partial charge on any atom is 0.152 e. The number of aromatic hydroxyl groups is 1. The van der Waals surface area contributed by atoms with E-state index < -0.39 is 12.3 Å². The third-order valence-corrected chi connectivity index (χ3v) is 7.83. The van der Waals surface area contributed by atoms with Crippen molar-refractivity contribution in [3.63, 3.8) is 0 Å². The normalized spacial score (nSPS) is 20.3. The lowest BCUT2D eigenvalue weighted by Gasteiger charge is -2.34. The molecule has 2 aromatic carbocycles. The van der Waals surface area contributed by atoms with Crippen LogP contribution in [-0.4, -0.2) is 10.3 Å². The van der Waals surface area contributed by atoms with E-state index in [0.29, 0.717) is 11.0 Å². The first kappa shape index (κ1) is 14.1. The summed E-state index contributed by atoms with van der Waals surface area (Å²) >= 11 is 0. The Balaban J connectivity index is 2.53. The second-order valence-electron chi connectivity index (χ2n) is 6.39. The summed E-state index contributed by atoms with van der Waals surface area (Å²) in [6.45, 7) is 9.83. The van der Waals surface area contributed by atoms with E-state index in [4.69, 9.17) is 0 Å². The molecule has 0 radical (unpaired) electrons. The largest absolute Gasteiger partial charge is 0.508 e. The zero-order chi connectivity index (χ0) is 15.4. The van der Waals surface area contributed by atoms with Crippen molar-refractivity contribution in [2.75, 3.05) is 0 Å². The lowest BCUT2D eigenvalue weighted by Crippen LogP contribution is -2.42. The molecule has 108 valence electrons. The van der Waals surface area contributed by atoms with Crippen LogP contribution in [0.4, 0.5) is 5.69 Å². The van der Waals surface area contributed by atoms with E-state index in [2.05, 4.69) is 11.6 Å².